The molecule has 1 aliphatic rings. The molecule has 31 heavy (non-hydrogen) atoms. The monoisotopic (exact) mass is 425 g/mol. The summed E-state index contributed by atoms with van der Waals surface area (Å²) in [5.41, 5.74) is 3.59. The molecule has 0 bridgehead atoms. The molecule has 0 saturated carbocycles. The first-order valence-electron chi connectivity index (χ1n) is 10.3. The molecular formula is C22H28FN7O. The number of carbonyl (C=O) groups excluding carboxylic acids is 1. The van der Waals surface area contributed by atoms with E-state index in [1.807, 2.05) is 6.07 Å². The molecule has 164 valence electrons. The van der Waals surface area contributed by atoms with Crippen molar-refractivity contribution in [2.24, 2.45) is 0 Å². The number of hydrogen-bond acceptors (Lipinski definition) is 6. The van der Waals surface area contributed by atoms with Crippen LogP contribution in [-0.2, 0) is 0 Å². The topological polar surface area (TPSA) is 96.2 Å². The number of nitrogens with one attached hydrogen (secondary N) is 3. The van der Waals surface area contributed by atoms with E-state index in [1.165, 1.54) is 6.07 Å². The second-order valence-corrected chi connectivity index (χ2v) is 7.75. The number of benzene rings is 1. The Kier molecular flexibility index (Phi) is 4.95. The normalized spacial score (nSPS) is 16.5. The number of piperidine rings is 1. The first kappa shape index (κ1) is 19.4. The molecule has 4 aromatic rings. The summed E-state index contributed by atoms with van der Waals surface area (Å²) >= 11 is 0. The van der Waals surface area contributed by atoms with Gasteiger partial charge in [-0.1, -0.05) is 0 Å². The van der Waals surface area contributed by atoms with Gasteiger partial charge in [-0.2, -0.15) is 0 Å². The van der Waals surface area contributed by atoms with E-state index in [1.54, 1.807) is 42.2 Å². The van der Waals surface area contributed by atoms with Crippen LogP contribution in [0, 0.1) is 12.7 Å². The summed E-state index contributed by atoms with van der Waals surface area (Å²) in [6.07, 6.45) is 8.69. The van der Waals surface area contributed by atoms with Crippen LogP contribution in [0.4, 0.5) is 15.8 Å². The highest BCUT2D eigenvalue weighted by Crippen LogP contribution is 2.26. The number of pyridine rings is 1. The summed E-state index contributed by atoms with van der Waals surface area (Å²) in [5.74, 6) is -0.886. The number of nitrogens with zero attached hydrogens (tertiary/aromatic N) is 4. The van der Waals surface area contributed by atoms with E-state index in [2.05, 4.69) is 30.9 Å². The lowest BCUT2D eigenvalue weighted by atomic mass is 10.1. The SMILES string of the molecule is Cc1cn2cc(NC(=O)c3ccc(N[C@H]4CCCNC4)c4nccnc34)cc(F)c2n1.[HH].[HH].[HH]. The van der Waals surface area contributed by atoms with Gasteiger partial charge in [0.15, 0.2) is 11.5 Å². The molecule has 3 aromatic heterocycles. The van der Waals surface area contributed by atoms with Gasteiger partial charge in [0.25, 0.3) is 5.91 Å². The fourth-order valence-corrected chi connectivity index (χ4v) is 4.00. The van der Waals surface area contributed by atoms with Crippen LogP contribution in [0.25, 0.3) is 16.7 Å². The van der Waals surface area contributed by atoms with Crippen LogP contribution in [0.1, 0.15) is 33.2 Å². The van der Waals surface area contributed by atoms with E-state index in [-0.39, 0.29) is 15.8 Å². The summed E-state index contributed by atoms with van der Waals surface area (Å²) in [6.45, 7) is 3.70. The number of imidazole rings is 1. The molecular weight excluding hydrogens is 397 g/mol. The molecule has 5 rings (SSSR count). The maximum absolute atomic E-state index is 14.4. The first-order valence-corrected chi connectivity index (χ1v) is 10.3. The van der Waals surface area contributed by atoms with Gasteiger partial charge in [0.05, 0.1) is 22.6 Å². The Morgan fingerprint density at radius 3 is 2.90 bits per heavy atom. The van der Waals surface area contributed by atoms with E-state index in [4.69, 9.17) is 0 Å². The average molecular weight is 426 g/mol. The third kappa shape index (κ3) is 3.79. The fourth-order valence-electron chi connectivity index (χ4n) is 4.00. The zero-order chi connectivity index (χ0) is 21.4. The van der Waals surface area contributed by atoms with Crippen LogP contribution < -0.4 is 16.0 Å². The highest BCUT2D eigenvalue weighted by atomic mass is 19.1. The molecule has 9 heteroatoms. The Labute approximate surface area is 182 Å². The van der Waals surface area contributed by atoms with Crippen molar-refractivity contribution < 1.29 is 13.5 Å². The third-order valence-electron chi connectivity index (χ3n) is 5.41. The maximum atomic E-state index is 14.4. The van der Waals surface area contributed by atoms with Gasteiger partial charge < -0.3 is 20.4 Å². The molecule has 1 aromatic carbocycles. The fraction of sp³-hybridized carbons (Fsp3) is 0.273. The molecule has 0 spiro atoms. The molecule has 8 nitrogen and oxygen atoms in total. The van der Waals surface area contributed by atoms with E-state index >= 15 is 0 Å². The van der Waals surface area contributed by atoms with Crippen molar-refractivity contribution in [1.82, 2.24) is 24.7 Å². The van der Waals surface area contributed by atoms with Gasteiger partial charge in [-0.05, 0) is 38.4 Å². The Morgan fingerprint density at radius 1 is 1.26 bits per heavy atom. The van der Waals surface area contributed by atoms with Crippen LogP contribution in [0.15, 0.2) is 43.0 Å². The number of halogens is 1. The average Bonchev–Trinajstić information content (AvgIpc) is 3.15. The van der Waals surface area contributed by atoms with Crippen LogP contribution in [0.3, 0.4) is 0 Å². The molecule has 1 fully saturated rings. The summed E-state index contributed by atoms with van der Waals surface area (Å²) in [6, 6.07) is 5.14. The minimum absolute atomic E-state index is 0. The van der Waals surface area contributed by atoms with Crippen LogP contribution in [0.2, 0.25) is 0 Å². The number of amides is 1. The molecule has 3 N–H and O–H groups in total. The van der Waals surface area contributed by atoms with Gasteiger partial charge in [0.2, 0.25) is 0 Å². The van der Waals surface area contributed by atoms with Crippen LogP contribution >= 0.6 is 0 Å². The molecule has 1 amide bonds. The van der Waals surface area contributed by atoms with Crippen molar-refractivity contribution in [3.05, 3.63) is 60.1 Å². The quantitative estimate of drug-likeness (QED) is 0.459. The lowest BCUT2D eigenvalue weighted by Crippen LogP contribution is -2.38. The molecule has 0 radical (unpaired) electrons. The van der Waals surface area contributed by atoms with Gasteiger partial charge in [-0.3, -0.25) is 14.8 Å². The second-order valence-electron chi connectivity index (χ2n) is 7.75. The van der Waals surface area contributed by atoms with Crippen LogP contribution in [-0.4, -0.2) is 44.4 Å². The molecule has 1 aliphatic heterocycles. The smallest absolute Gasteiger partial charge is 0.257 e. The molecule has 0 unspecified atom stereocenters. The van der Waals surface area contributed by atoms with Gasteiger partial charge in [0.1, 0.15) is 11.0 Å². The minimum atomic E-state index is -0.504. The zero-order valence-corrected chi connectivity index (χ0v) is 17.0. The van der Waals surface area contributed by atoms with Crippen molar-refractivity contribution in [2.45, 2.75) is 25.8 Å². The summed E-state index contributed by atoms with van der Waals surface area (Å²) in [7, 11) is 0. The Morgan fingerprint density at radius 2 is 2.10 bits per heavy atom. The van der Waals surface area contributed by atoms with E-state index in [0.29, 0.717) is 34.0 Å². The highest BCUT2D eigenvalue weighted by Gasteiger charge is 2.19. The van der Waals surface area contributed by atoms with Crippen LogP contribution in [0.5, 0.6) is 0 Å². The number of aryl methyl sites for hydroxylation is 1. The third-order valence-corrected chi connectivity index (χ3v) is 5.41. The minimum Gasteiger partial charge on any atom is -0.379 e. The molecule has 0 aliphatic carbocycles. The number of anilines is 2. The molecule has 4 heterocycles. The maximum Gasteiger partial charge on any atom is 0.257 e. The predicted octanol–water partition coefficient (Wildman–Crippen LogP) is 3.88. The van der Waals surface area contributed by atoms with E-state index in [0.717, 1.165) is 31.6 Å². The van der Waals surface area contributed by atoms with Crippen molar-refractivity contribution >= 4 is 34.0 Å². The molecule has 1 saturated heterocycles. The van der Waals surface area contributed by atoms with Gasteiger partial charge >= 0.3 is 0 Å². The summed E-state index contributed by atoms with van der Waals surface area (Å²) in [4.78, 5) is 26.0. The van der Waals surface area contributed by atoms with Crippen molar-refractivity contribution in [3.63, 3.8) is 0 Å². The zero-order valence-electron chi connectivity index (χ0n) is 17.0. The number of hydrogen-bond donors (Lipinski definition) is 3. The van der Waals surface area contributed by atoms with Gasteiger partial charge in [-0.15, -0.1) is 0 Å². The number of rotatable bonds is 4. The van der Waals surface area contributed by atoms with E-state index in [9.17, 15) is 9.18 Å². The lowest BCUT2D eigenvalue weighted by Gasteiger charge is -2.25. The Balaban J connectivity index is 0.00000136. The first-order chi connectivity index (χ1) is 15.1. The second kappa shape index (κ2) is 7.92. The number of fused-ring (bicyclic) bond motifs is 2. The van der Waals surface area contributed by atoms with Crippen molar-refractivity contribution in [3.8, 4) is 0 Å². The van der Waals surface area contributed by atoms with E-state index < -0.39 is 5.82 Å². The Hall–Kier alpha value is -3.59. The standard InChI is InChI=1S/C22H22FN7O.3H2/c1-13-11-30-12-15(9-17(23)21(30)27-13)29-22(31)16-4-5-18(20-19(16)25-7-8-26-20)28-14-3-2-6-24-10-14;;;/h4-5,7-9,11-12,14,24,28H,2-3,6,10H2,1H3,(H,29,31);3*1H/t14-;;;/m0.../s1. The number of carbonyl (C=O) groups is 1. The lowest BCUT2D eigenvalue weighted by molar-refractivity contribution is 0.102. The van der Waals surface area contributed by atoms with Gasteiger partial charge in [-0.25, -0.2) is 9.37 Å². The predicted molar refractivity (Wildman–Crippen MR) is 123 cm³/mol. The van der Waals surface area contributed by atoms with Crippen molar-refractivity contribution in [2.75, 3.05) is 23.7 Å². The molecule has 1 atom stereocenters. The summed E-state index contributed by atoms with van der Waals surface area (Å²) < 4.78 is 15.9. The largest absolute Gasteiger partial charge is 0.379 e. The van der Waals surface area contributed by atoms with Crippen molar-refractivity contribution in [1.29, 1.82) is 0 Å². The Bertz CT molecular complexity index is 1290. The number of aromatic nitrogens is 4. The highest BCUT2D eigenvalue weighted by molar-refractivity contribution is 6.13. The summed E-state index contributed by atoms with van der Waals surface area (Å²) in [5, 5.41) is 9.66. The van der Waals surface area contributed by atoms with Gasteiger partial charge in [0, 0.05) is 47.7 Å².